The Morgan fingerprint density at radius 3 is 2.61 bits per heavy atom. The highest BCUT2D eigenvalue weighted by Crippen LogP contribution is 2.38. The molecule has 0 spiro atoms. The number of likely N-dealkylation sites (N-methyl/N-ethyl adjacent to an activating group) is 1. The lowest BCUT2D eigenvalue weighted by atomic mass is 9.88. The minimum Gasteiger partial charge on any atom is -0.307 e. The number of thiophene rings is 1. The van der Waals surface area contributed by atoms with Crippen LogP contribution in [-0.4, -0.2) is 24.0 Å². The van der Waals surface area contributed by atoms with Crippen LogP contribution in [0.1, 0.15) is 47.6 Å². The van der Waals surface area contributed by atoms with Gasteiger partial charge in [-0.2, -0.15) is 0 Å². The maximum Gasteiger partial charge on any atom is 0.0406 e. The lowest BCUT2D eigenvalue weighted by Crippen LogP contribution is -2.34. The summed E-state index contributed by atoms with van der Waals surface area (Å²) in [4.78, 5) is 5.35. The number of halogens is 1. The molecule has 2 aromatic rings. The third-order valence-corrected chi connectivity index (χ3v) is 5.63. The van der Waals surface area contributed by atoms with E-state index in [0.717, 1.165) is 24.7 Å². The normalized spacial score (nSPS) is 18.9. The standard InChI is InChI=1S/C19H25ClN2S/c1-19(2,3)21-10-15-9-16-17(11-22(4)12-18(16)23-15)13-5-7-14(20)8-6-13/h5-9,17,21H,10-12H2,1-4H3. The average Bonchev–Trinajstić information content (AvgIpc) is 2.87. The molecular formula is C19H25ClN2S. The van der Waals surface area contributed by atoms with Gasteiger partial charge in [-0.25, -0.2) is 0 Å². The predicted molar refractivity (Wildman–Crippen MR) is 101 cm³/mol. The molecule has 4 heteroatoms. The van der Waals surface area contributed by atoms with Gasteiger partial charge < -0.3 is 10.2 Å². The van der Waals surface area contributed by atoms with Gasteiger partial charge in [0.1, 0.15) is 0 Å². The van der Waals surface area contributed by atoms with E-state index in [9.17, 15) is 0 Å². The van der Waals surface area contributed by atoms with Crippen molar-refractivity contribution in [3.05, 3.63) is 56.2 Å². The molecule has 0 amide bonds. The van der Waals surface area contributed by atoms with Gasteiger partial charge in [0.2, 0.25) is 0 Å². The average molecular weight is 349 g/mol. The van der Waals surface area contributed by atoms with Crippen molar-refractivity contribution in [1.29, 1.82) is 0 Å². The minimum absolute atomic E-state index is 0.150. The third kappa shape index (κ3) is 4.16. The quantitative estimate of drug-likeness (QED) is 0.851. The zero-order valence-electron chi connectivity index (χ0n) is 14.3. The first-order chi connectivity index (χ1) is 10.8. The van der Waals surface area contributed by atoms with Crippen LogP contribution in [0.4, 0.5) is 0 Å². The van der Waals surface area contributed by atoms with Crippen LogP contribution in [0.25, 0.3) is 0 Å². The second-order valence-corrected chi connectivity index (χ2v) is 9.15. The van der Waals surface area contributed by atoms with Crippen molar-refractivity contribution >= 4 is 22.9 Å². The van der Waals surface area contributed by atoms with Gasteiger partial charge >= 0.3 is 0 Å². The molecule has 2 heterocycles. The fourth-order valence-electron chi connectivity index (χ4n) is 3.06. The van der Waals surface area contributed by atoms with Crippen molar-refractivity contribution in [2.24, 2.45) is 0 Å². The van der Waals surface area contributed by atoms with Crippen LogP contribution in [0.5, 0.6) is 0 Å². The van der Waals surface area contributed by atoms with Gasteiger partial charge in [0.05, 0.1) is 0 Å². The molecule has 1 N–H and O–H groups in total. The molecule has 0 aliphatic carbocycles. The molecule has 1 unspecified atom stereocenters. The lowest BCUT2D eigenvalue weighted by molar-refractivity contribution is 0.299. The molecule has 23 heavy (non-hydrogen) atoms. The Bertz CT molecular complexity index is 670. The Balaban J connectivity index is 1.87. The first kappa shape index (κ1) is 17.0. The topological polar surface area (TPSA) is 15.3 Å². The molecule has 1 aromatic carbocycles. The summed E-state index contributed by atoms with van der Waals surface area (Å²) in [5, 5.41) is 4.40. The smallest absolute Gasteiger partial charge is 0.0406 e. The Kier molecular flexibility index (Phi) is 4.84. The van der Waals surface area contributed by atoms with Crippen molar-refractivity contribution in [3.63, 3.8) is 0 Å². The molecule has 1 aliphatic heterocycles. The number of benzene rings is 1. The fraction of sp³-hybridized carbons (Fsp3) is 0.474. The lowest BCUT2D eigenvalue weighted by Gasteiger charge is -2.30. The van der Waals surface area contributed by atoms with E-state index < -0.39 is 0 Å². The molecule has 3 rings (SSSR count). The summed E-state index contributed by atoms with van der Waals surface area (Å²) in [6.07, 6.45) is 0. The van der Waals surface area contributed by atoms with Gasteiger partial charge in [-0.15, -0.1) is 11.3 Å². The predicted octanol–water partition coefficient (Wildman–Crippen LogP) is 4.87. The Labute approximate surface area is 148 Å². The molecule has 0 radical (unpaired) electrons. The van der Waals surface area contributed by atoms with Crippen LogP contribution < -0.4 is 5.32 Å². The van der Waals surface area contributed by atoms with Crippen molar-refractivity contribution in [2.45, 2.75) is 45.3 Å². The Morgan fingerprint density at radius 2 is 1.96 bits per heavy atom. The molecular weight excluding hydrogens is 324 g/mol. The molecule has 1 aliphatic rings. The van der Waals surface area contributed by atoms with Crippen LogP contribution in [0.3, 0.4) is 0 Å². The summed E-state index contributed by atoms with van der Waals surface area (Å²) >= 11 is 8.00. The number of hydrogen-bond acceptors (Lipinski definition) is 3. The Hall–Kier alpha value is -0.870. The minimum atomic E-state index is 0.150. The molecule has 124 valence electrons. The number of nitrogens with one attached hydrogen (secondary N) is 1. The van der Waals surface area contributed by atoms with E-state index in [-0.39, 0.29) is 5.54 Å². The third-order valence-electron chi connectivity index (χ3n) is 4.24. The van der Waals surface area contributed by atoms with Crippen molar-refractivity contribution in [3.8, 4) is 0 Å². The monoisotopic (exact) mass is 348 g/mol. The second-order valence-electron chi connectivity index (χ2n) is 7.50. The van der Waals surface area contributed by atoms with Gasteiger partial charge in [0, 0.05) is 45.9 Å². The molecule has 0 saturated carbocycles. The van der Waals surface area contributed by atoms with Crippen molar-refractivity contribution in [1.82, 2.24) is 10.2 Å². The summed E-state index contributed by atoms with van der Waals surface area (Å²) in [6, 6.07) is 10.7. The summed E-state index contributed by atoms with van der Waals surface area (Å²) in [7, 11) is 2.21. The number of hydrogen-bond donors (Lipinski definition) is 1. The molecule has 1 aromatic heterocycles. The Morgan fingerprint density at radius 1 is 1.26 bits per heavy atom. The summed E-state index contributed by atoms with van der Waals surface area (Å²) < 4.78 is 0. The highest BCUT2D eigenvalue weighted by Gasteiger charge is 2.27. The first-order valence-corrected chi connectivity index (χ1v) is 9.32. The van der Waals surface area contributed by atoms with Crippen molar-refractivity contribution in [2.75, 3.05) is 13.6 Å². The highest BCUT2D eigenvalue weighted by atomic mass is 35.5. The van der Waals surface area contributed by atoms with E-state index in [4.69, 9.17) is 11.6 Å². The van der Waals surface area contributed by atoms with Crippen LogP contribution in [0, 0.1) is 0 Å². The summed E-state index contributed by atoms with van der Waals surface area (Å²) in [5.41, 5.74) is 3.01. The van der Waals surface area contributed by atoms with E-state index in [1.54, 1.807) is 0 Å². The number of rotatable bonds is 3. The van der Waals surface area contributed by atoms with Gasteiger partial charge in [0.15, 0.2) is 0 Å². The van der Waals surface area contributed by atoms with Crippen LogP contribution in [0.15, 0.2) is 30.3 Å². The zero-order chi connectivity index (χ0) is 16.6. The van der Waals surface area contributed by atoms with E-state index in [1.807, 2.05) is 23.5 Å². The molecule has 0 fully saturated rings. The molecule has 2 nitrogen and oxygen atoms in total. The number of nitrogens with zero attached hydrogens (tertiary/aromatic N) is 1. The van der Waals surface area contributed by atoms with Gasteiger partial charge in [-0.05, 0) is 57.1 Å². The maximum atomic E-state index is 6.05. The van der Waals surface area contributed by atoms with Crippen LogP contribution in [0.2, 0.25) is 5.02 Å². The summed E-state index contributed by atoms with van der Waals surface area (Å²) in [6.45, 7) is 9.70. The SMILES string of the molecule is CN1Cc2sc(CNC(C)(C)C)cc2C(c2ccc(Cl)cc2)C1. The van der Waals surface area contributed by atoms with E-state index in [1.165, 1.54) is 20.9 Å². The zero-order valence-corrected chi connectivity index (χ0v) is 15.9. The van der Waals surface area contributed by atoms with Crippen LogP contribution in [-0.2, 0) is 13.1 Å². The van der Waals surface area contributed by atoms with Crippen molar-refractivity contribution < 1.29 is 0 Å². The van der Waals surface area contributed by atoms with E-state index in [2.05, 4.69) is 56.2 Å². The van der Waals surface area contributed by atoms with Gasteiger partial charge in [-0.3, -0.25) is 0 Å². The van der Waals surface area contributed by atoms with E-state index >= 15 is 0 Å². The summed E-state index contributed by atoms with van der Waals surface area (Å²) in [5.74, 6) is 0.445. The first-order valence-electron chi connectivity index (χ1n) is 8.12. The van der Waals surface area contributed by atoms with E-state index in [0.29, 0.717) is 5.92 Å². The molecule has 1 atom stereocenters. The molecule has 0 saturated heterocycles. The second kappa shape index (κ2) is 6.56. The highest BCUT2D eigenvalue weighted by molar-refractivity contribution is 7.12. The van der Waals surface area contributed by atoms with Gasteiger partial charge in [-0.1, -0.05) is 23.7 Å². The van der Waals surface area contributed by atoms with Crippen LogP contribution >= 0.6 is 22.9 Å². The van der Waals surface area contributed by atoms with Gasteiger partial charge in [0.25, 0.3) is 0 Å². The number of fused-ring (bicyclic) bond motifs is 1. The molecule has 0 bridgehead atoms. The maximum absolute atomic E-state index is 6.05. The fourth-order valence-corrected chi connectivity index (χ4v) is 4.43. The largest absolute Gasteiger partial charge is 0.307 e.